The topological polar surface area (TPSA) is 34.1 Å². The van der Waals surface area contributed by atoms with Gasteiger partial charge in [-0.05, 0) is 40.5 Å². The molecule has 0 saturated heterocycles. The smallest absolute Gasteiger partial charge is 0.160 e. The number of unbranched alkanes of at least 4 members (excludes halogenated alkanes) is 2. The Bertz CT molecular complexity index is 287. The molecular weight excluding hydrogens is 232 g/mol. The second kappa shape index (κ2) is 6.21. The van der Waals surface area contributed by atoms with Crippen LogP contribution in [0.25, 0.3) is 0 Å². The highest BCUT2D eigenvalue weighted by atomic mass is 32.2. The van der Waals surface area contributed by atoms with Crippen LogP contribution in [-0.4, -0.2) is 17.9 Å². The van der Waals surface area contributed by atoms with E-state index in [-0.39, 0.29) is 0 Å². The molecule has 0 N–H and O–H groups in total. The highest BCUT2D eigenvalue weighted by molar-refractivity contribution is 7.94. The molecule has 0 aliphatic rings. The molecule has 0 aromatic rings. The molecule has 0 heterocycles. The first-order valence-corrected chi connectivity index (χ1v) is 8.35. The minimum Gasteiger partial charge on any atom is -0.228 e. The number of hydrogen-bond donors (Lipinski definition) is 0. The van der Waals surface area contributed by atoms with Gasteiger partial charge in [-0.2, -0.15) is 0 Å². The molecule has 17 heavy (non-hydrogen) atoms. The quantitative estimate of drug-likeness (QED) is 0.652. The van der Waals surface area contributed by atoms with Gasteiger partial charge in [0.05, 0.1) is 9.49 Å². The minimum absolute atomic E-state index is 0.597. The first-order valence-electron chi connectivity index (χ1n) is 6.86. The summed E-state index contributed by atoms with van der Waals surface area (Å²) >= 11 is 0. The monoisotopic (exact) mass is 262 g/mol. The van der Waals surface area contributed by atoms with Gasteiger partial charge in [-0.1, -0.05) is 39.5 Å². The Morgan fingerprint density at radius 2 is 1.06 bits per heavy atom. The fraction of sp³-hybridized carbons (Fsp3) is 1.00. The lowest BCUT2D eigenvalue weighted by atomic mass is 10.1. The fourth-order valence-electron chi connectivity index (χ4n) is 2.22. The molecule has 0 radical (unpaired) electrons. The van der Waals surface area contributed by atoms with Gasteiger partial charge in [-0.25, -0.2) is 8.42 Å². The minimum atomic E-state index is -3.08. The molecule has 0 rings (SSSR count). The second-order valence-corrected chi connectivity index (χ2v) is 9.45. The van der Waals surface area contributed by atoms with E-state index in [9.17, 15) is 8.42 Å². The molecule has 0 aliphatic heterocycles. The van der Waals surface area contributed by atoms with Crippen molar-refractivity contribution in [1.29, 1.82) is 0 Å². The van der Waals surface area contributed by atoms with Crippen molar-refractivity contribution >= 4 is 9.84 Å². The number of rotatable bonds is 8. The van der Waals surface area contributed by atoms with Crippen molar-refractivity contribution in [1.82, 2.24) is 0 Å². The SMILES string of the molecule is CCCCC(C)(C)S(=O)(=O)C(C)(C)CCCC. The highest BCUT2D eigenvalue weighted by Gasteiger charge is 2.44. The van der Waals surface area contributed by atoms with Gasteiger partial charge in [0.2, 0.25) is 0 Å². The van der Waals surface area contributed by atoms with Crippen molar-refractivity contribution < 1.29 is 8.42 Å². The van der Waals surface area contributed by atoms with Crippen LogP contribution >= 0.6 is 0 Å². The average molecular weight is 262 g/mol. The molecule has 2 nitrogen and oxygen atoms in total. The van der Waals surface area contributed by atoms with Crippen LogP contribution in [-0.2, 0) is 9.84 Å². The van der Waals surface area contributed by atoms with Gasteiger partial charge >= 0.3 is 0 Å². The summed E-state index contributed by atoms with van der Waals surface area (Å²) in [5.41, 5.74) is 0. The van der Waals surface area contributed by atoms with Crippen LogP contribution in [0.1, 0.15) is 80.1 Å². The summed E-state index contributed by atoms with van der Waals surface area (Å²) in [6.07, 6.45) is 5.59. The third-order valence-electron chi connectivity index (χ3n) is 3.72. The fourth-order valence-corrected chi connectivity index (χ4v) is 4.54. The summed E-state index contributed by atoms with van der Waals surface area (Å²) in [7, 11) is -3.08. The molecule has 0 fully saturated rings. The summed E-state index contributed by atoms with van der Waals surface area (Å²) in [5, 5.41) is 0. The van der Waals surface area contributed by atoms with Gasteiger partial charge in [0.15, 0.2) is 9.84 Å². The van der Waals surface area contributed by atoms with Crippen molar-refractivity contribution in [3.8, 4) is 0 Å². The molecule has 0 unspecified atom stereocenters. The van der Waals surface area contributed by atoms with Crippen LogP contribution in [0.3, 0.4) is 0 Å². The Balaban J connectivity index is 4.97. The zero-order valence-corrected chi connectivity index (χ0v) is 13.3. The molecule has 104 valence electrons. The molecule has 3 heteroatoms. The number of hydrogen-bond acceptors (Lipinski definition) is 2. The third kappa shape index (κ3) is 3.97. The van der Waals surface area contributed by atoms with Crippen molar-refractivity contribution in [2.75, 3.05) is 0 Å². The van der Waals surface area contributed by atoms with E-state index in [0.29, 0.717) is 0 Å². The van der Waals surface area contributed by atoms with Crippen LogP contribution in [0.4, 0.5) is 0 Å². The summed E-state index contributed by atoms with van der Waals surface area (Å²) in [6.45, 7) is 11.7. The maximum Gasteiger partial charge on any atom is 0.160 e. The van der Waals surface area contributed by atoms with Crippen molar-refractivity contribution in [2.45, 2.75) is 89.6 Å². The molecule has 0 amide bonds. The van der Waals surface area contributed by atoms with Crippen LogP contribution in [0.5, 0.6) is 0 Å². The van der Waals surface area contributed by atoms with Gasteiger partial charge in [0.1, 0.15) is 0 Å². The first kappa shape index (κ1) is 16.9. The predicted octanol–water partition coefficient (Wildman–Crippen LogP) is 4.34. The Kier molecular flexibility index (Phi) is 6.20. The molecule has 0 aliphatic carbocycles. The van der Waals surface area contributed by atoms with E-state index < -0.39 is 19.3 Å². The van der Waals surface area contributed by atoms with Gasteiger partial charge < -0.3 is 0 Å². The van der Waals surface area contributed by atoms with Gasteiger partial charge in [0, 0.05) is 0 Å². The van der Waals surface area contributed by atoms with Crippen molar-refractivity contribution in [3.05, 3.63) is 0 Å². The van der Waals surface area contributed by atoms with Crippen molar-refractivity contribution in [3.63, 3.8) is 0 Å². The lowest BCUT2D eigenvalue weighted by Gasteiger charge is -2.35. The highest BCUT2D eigenvalue weighted by Crippen LogP contribution is 2.35. The molecule has 0 bridgehead atoms. The first-order chi connectivity index (χ1) is 7.62. The van der Waals surface area contributed by atoms with Crippen LogP contribution in [0.2, 0.25) is 0 Å². The van der Waals surface area contributed by atoms with Crippen LogP contribution in [0.15, 0.2) is 0 Å². The summed E-state index contributed by atoms with van der Waals surface area (Å²) in [5.74, 6) is 0. The average Bonchev–Trinajstić information content (AvgIpc) is 2.23. The van der Waals surface area contributed by atoms with E-state index in [1.165, 1.54) is 0 Å². The maximum absolute atomic E-state index is 12.7. The zero-order valence-electron chi connectivity index (χ0n) is 12.5. The van der Waals surface area contributed by atoms with Crippen LogP contribution in [0, 0.1) is 0 Å². The van der Waals surface area contributed by atoms with Gasteiger partial charge in [-0.3, -0.25) is 0 Å². The molecule has 0 saturated carbocycles. The van der Waals surface area contributed by atoms with Crippen molar-refractivity contribution in [2.24, 2.45) is 0 Å². The lowest BCUT2D eigenvalue weighted by molar-refractivity contribution is 0.463. The summed E-state index contributed by atoms with van der Waals surface area (Å²) < 4.78 is 24.2. The summed E-state index contributed by atoms with van der Waals surface area (Å²) in [4.78, 5) is 0. The van der Waals surface area contributed by atoms with Gasteiger partial charge in [-0.15, -0.1) is 0 Å². The standard InChI is InChI=1S/C14H30O2S/c1-7-9-11-13(3,4)17(15,16)14(5,6)12-10-8-2/h7-12H2,1-6H3. The molecule has 0 aromatic carbocycles. The molecule has 0 atom stereocenters. The van der Waals surface area contributed by atoms with E-state index in [4.69, 9.17) is 0 Å². The predicted molar refractivity (Wildman–Crippen MR) is 76.1 cm³/mol. The van der Waals surface area contributed by atoms with Gasteiger partial charge in [0.25, 0.3) is 0 Å². The Morgan fingerprint density at radius 3 is 1.29 bits per heavy atom. The van der Waals surface area contributed by atoms with E-state index in [2.05, 4.69) is 13.8 Å². The van der Waals surface area contributed by atoms with Crippen LogP contribution < -0.4 is 0 Å². The zero-order chi connectivity index (χ0) is 13.7. The summed E-state index contributed by atoms with van der Waals surface area (Å²) in [6, 6.07) is 0. The molecule has 0 aromatic heterocycles. The largest absolute Gasteiger partial charge is 0.228 e. The molecule has 0 spiro atoms. The Hall–Kier alpha value is -0.0500. The van der Waals surface area contributed by atoms with E-state index in [1.807, 2.05) is 27.7 Å². The second-order valence-electron chi connectivity index (χ2n) is 6.23. The normalized spacial score (nSPS) is 14.0. The lowest BCUT2D eigenvalue weighted by Crippen LogP contribution is -2.45. The number of sulfone groups is 1. The van der Waals surface area contributed by atoms with E-state index >= 15 is 0 Å². The molecular formula is C14H30O2S. The Labute approximate surface area is 108 Å². The van der Waals surface area contributed by atoms with E-state index in [0.717, 1.165) is 38.5 Å². The third-order valence-corrected chi connectivity index (χ3v) is 7.04. The Morgan fingerprint density at radius 1 is 0.765 bits per heavy atom. The maximum atomic E-state index is 12.7. The van der Waals surface area contributed by atoms with E-state index in [1.54, 1.807) is 0 Å².